The van der Waals surface area contributed by atoms with Crippen LogP contribution in [0.3, 0.4) is 0 Å². The van der Waals surface area contributed by atoms with Crippen molar-refractivity contribution < 1.29 is 14.6 Å². The Labute approximate surface area is 90.7 Å². The average molecular weight is 210 g/mol. The van der Waals surface area contributed by atoms with Crippen LogP contribution in [0.5, 0.6) is 5.75 Å². The minimum Gasteiger partial charge on any atom is -0.508 e. The summed E-state index contributed by atoms with van der Waals surface area (Å²) in [4.78, 5) is 11.0. The number of aromatic hydroxyl groups is 1. The Balaban J connectivity index is 0.000000921. The molecule has 0 saturated heterocycles. The summed E-state index contributed by atoms with van der Waals surface area (Å²) in [7, 11) is 0. The van der Waals surface area contributed by atoms with E-state index in [1.165, 1.54) is 0 Å². The van der Waals surface area contributed by atoms with Gasteiger partial charge < -0.3 is 9.84 Å². The summed E-state index contributed by atoms with van der Waals surface area (Å²) < 4.78 is 4.77. The maximum absolute atomic E-state index is 11.0. The highest BCUT2D eigenvalue weighted by Gasteiger charge is 2.03. The highest BCUT2D eigenvalue weighted by atomic mass is 16.5. The quantitative estimate of drug-likeness (QED) is 0.780. The lowest BCUT2D eigenvalue weighted by Gasteiger charge is -2.01. The Bertz CT molecular complexity index is 295. The van der Waals surface area contributed by atoms with Crippen molar-refractivity contribution in [3.8, 4) is 5.75 Å². The number of hydrogen-bond acceptors (Lipinski definition) is 3. The molecule has 1 aromatic rings. The van der Waals surface area contributed by atoms with E-state index >= 15 is 0 Å². The predicted octanol–water partition coefficient (Wildman–Crippen LogP) is 2.52. The lowest BCUT2D eigenvalue weighted by atomic mass is 10.1. The van der Waals surface area contributed by atoms with Crippen LogP contribution in [0.2, 0.25) is 0 Å². The molecule has 15 heavy (non-hydrogen) atoms. The van der Waals surface area contributed by atoms with Crippen LogP contribution in [-0.4, -0.2) is 17.7 Å². The van der Waals surface area contributed by atoms with Gasteiger partial charge in [-0.2, -0.15) is 0 Å². The Morgan fingerprint density at radius 3 is 2.60 bits per heavy atom. The van der Waals surface area contributed by atoms with E-state index < -0.39 is 0 Å². The third kappa shape index (κ3) is 5.73. The Hall–Kier alpha value is -1.51. The summed E-state index contributed by atoms with van der Waals surface area (Å²) in [5.74, 6) is -0.102. The summed E-state index contributed by atoms with van der Waals surface area (Å²) in [6.45, 7) is 6.15. The zero-order valence-corrected chi connectivity index (χ0v) is 9.49. The molecule has 0 aliphatic rings. The first-order valence-electron chi connectivity index (χ1n) is 5.16. The molecule has 0 amide bonds. The van der Waals surface area contributed by atoms with Gasteiger partial charge in [0.2, 0.25) is 0 Å². The number of ether oxygens (including phenoxy) is 1. The molecular formula is C12H18O3. The number of phenols is 1. The van der Waals surface area contributed by atoms with E-state index in [1.807, 2.05) is 13.8 Å². The first kappa shape index (κ1) is 13.5. The van der Waals surface area contributed by atoms with E-state index in [9.17, 15) is 4.79 Å². The van der Waals surface area contributed by atoms with Gasteiger partial charge in [0.15, 0.2) is 0 Å². The standard InChI is InChI=1S/C10H12O3.C2H6/c1-2-13-10(12)7-8-4-3-5-9(11)6-8;1-2/h3-6,11H,2,7H2,1H3;1-2H3. The van der Waals surface area contributed by atoms with Crippen LogP contribution in [0.1, 0.15) is 26.3 Å². The van der Waals surface area contributed by atoms with E-state index in [1.54, 1.807) is 31.2 Å². The smallest absolute Gasteiger partial charge is 0.310 e. The number of hydrogen-bond donors (Lipinski definition) is 1. The fourth-order valence-electron chi connectivity index (χ4n) is 1.05. The zero-order chi connectivity index (χ0) is 11.7. The summed E-state index contributed by atoms with van der Waals surface area (Å²) in [6, 6.07) is 6.59. The van der Waals surface area contributed by atoms with Crippen molar-refractivity contribution in [2.45, 2.75) is 27.2 Å². The minimum atomic E-state index is -0.270. The number of esters is 1. The van der Waals surface area contributed by atoms with Crippen LogP contribution in [0.15, 0.2) is 24.3 Å². The summed E-state index contributed by atoms with van der Waals surface area (Å²) in [6.07, 6.45) is 0.211. The van der Waals surface area contributed by atoms with Gasteiger partial charge in [-0.05, 0) is 24.6 Å². The number of phenolic OH excluding ortho intramolecular Hbond substituents is 1. The lowest BCUT2D eigenvalue weighted by Crippen LogP contribution is -2.07. The van der Waals surface area contributed by atoms with E-state index in [4.69, 9.17) is 9.84 Å². The van der Waals surface area contributed by atoms with Gasteiger partial charge in [-0.3, -0.25) is 4.79 Å². The molecule has 3 heteroatoms. The minimum absolute atomic E-state index is 0.168. The second-order valence-electron chi connectivity index (χ2n) is 2.65. The van der Waals surface area contributed by atoms with Gasteiger partial charge in [-0.25, -0.2) is 0 Å². The van der Waals surface area contributed by atoms with E-state index in [0.29, 0.717) is 6.61 Å². The molecule has 0 unspecified atom stereocenters. The molecule has 0 fully saturated rings. The molecule has 0 aromatic heterocycles. The van der Waals surface area contributed by atoms with E-state index in [0.717, 1.165) is 5.56 Å². The van der Waals surface area contributed by atoms with Crippen LogP contribution in [0, 0.1) is 0 Å². The molecular weight excluding hydrogens is 192 g/mol. The van der Waals surface area contributed by atoms with Gasteiger partial charge in [-0.1, -0.05) is 26.0 Å². The van der Waals surface area contributed by atoms with Crippen molar-refractivity contribution in [2.75, 3.05) is 6.61 Å². The highest BCUT2D eigenvalue weighted by molar-refractivity contribution is 5.72. The van der Waals surface area contributed by atoms with Crippen LogP contribution in [0.4, 0.5) is 0 Å². The summed E-state index contributed by atoms with van der Waals surface area (Å²) in [5, 5.41) is 9.10. The Morgan fingerprint density at radius 1 is 1.40 bits per heavy atom. The number of carbonyl (C=O) groups is 1. The molecule has 0 aliphatic heterocycles. The topological polar surface area (TPSA) is 46.5 Å². The molecule has 1 N–H and O–H groups in total. The Morgan fingerprint density at radius 2 is 2.07 bits per heavy atom. The van der Waals surface area contributed by atoms with Crippen molar-refractivity contribution in [1.29, 1.82) is 0 Å². The summed E-state index contributed by atoms with van der Waals surface area (Å²) in [5.41, 5.74) is 0.762. The molecule has 0 aliphatic carbocycles. The van der Waals surface area contributed by atoms with E-state index in [-0.39, 0.29) is 18.1 Å². The van der Waals surface area contributed by atoms with Crippen LogP contribution in [-0.2, 0) is 16.0 Å². The molecule has 0 spiro atoms. The van der Waals surface area contributed by atoms with Crippen molar-refractivity contribution in [3.63, 3.8) is 0 Å². The van der Waals surface area contributed by atoms with E-state index in [2.05, 4.69) is 0 Å². The third-order valence-corrected chi connectivity index (χ3v) is 1.56. The zero-order valence-electron chi connectivity index (χ0n) is 9.49. The third-order valence-electron chi connectivity index (χ3n) is 1.56. The average Bonchev–Trinajstić information content (AvgIpc) is 2.21. The van der Waals surface area contributed by atoms with Gasteiger partial charge in [0, 0.05) is 0 Å². The second-order valence-corrected chi connectivity index (χ2v) is 2.65. The first-order chi connectivity index (χ1) is 7.22. The fraction of sp³-hybridized carbons (Fsp3) is 0.417. The molecule has 0 atom stereocenters. The van der Waals surface area contributed by atoms with Crippen LogP contribution >= 0.6 is 0 Å². The first-order valence-corrected chi connectivity index (χ1v) is 5.16. The molecule has 3 nitrogen and oxygen atoms in total. The monoisotopic (exact) mass is 210 g/mol. The van der Waals surface area contributed by atoms with Crippen molar-refractivity contribution in [2.24, 2.45) is 0 Å². The molecule has 0 saturated carbocycles. The van der Waals surface area contributed by atoms with Gasteiger partial charge in [0.1, 0.15) is 5.75 Å². The molecule has 0 radical (unpaired) electrons. The number of rotatable bonds is 3. The maximum Gasteiger partial charge on any atom is 0.310 e. The van der Waals surface area contributed by atoms with Crippen molar-refractivity contribution in [3.05, 3.63) is 29.8 Å². The van der Waals surface area contributed by atoms with Crippen molar-refractivity contribution in [1.82, 2.24) is 0 Å². The lowest BCUT2D eigenvalue weighted by molar-refractivity contribution is -0.142. The van der Waals surface area contributed by atoms with Crippen molar-refractivity contribution >= 4 is 5.97 Å². The molecule has 0 bridgehead atoms. The highest BCUT2D eigenvalue weighted by Crippen LogP contribution is 2.11. The summed E-state index contributed by atoms with van der Waals surface area (Å²) >= 11 is 0. The van der Waals surface area contributed by atoms with Gasteiger partial charge in [0.25, 0.3) is 0 Å². The second kappa shape index (κ2) is 7.85. The molecule has 84 valence electrons. The SMILES string of the molecule is CC.CCOC(=O)Cc1cccc(O)c1. The molecule has 1 aromatic carbocycles. The normalized spacial score (nSPS) is 8.73. The molecule has 1 rings (SSSR count). The van der Waals surface area contributed by atoms with Crippen LogP contribution in [0.25, 0.3) is 0 Å². The van der Waals surface area contributed by atoms with Gasteiger partial charge in [0.05, 0.1) is 13.0 Å². The Kier molecular flexibility index (Phi) is 7.06. The maximum atomic E-state index is 11.0. The predicted molar refractivity (Wildman–Crippen MR) is 59.8 cm³/mol. The van der Waals surface area contributed by atoms with Gasteiger partial charge >= 0.3 is 5.97 Å². The molecule has 0 heterocycles. The fourth-order valence-corrected chi connectivity index (χ4v) is 1.05. The number of benzene rings is 1. The van der Waals surface area contributed by atoms with Crippen LogP contribution < -0.4 is 0 Å². The number of carbonyl (C=O) groups excluding carboxylic acids is 1. The largest absolute Gasteiger partial charge is 0.508 e. The van der Waals surface area contributed by atoms with Gasteiger partial charge in [-0.15, -0.1) is 0 Å².